The molecule has 0 saturated heterocycles. The van der Waals surface area contributed by atoms with Crippen LogP contribution >= 0.6 is 15.9 Å². The highest BCUT2D eigenvalue weighted by Crippen LogP contribution is 2.28. The summed E-state index contributed by atoms with van der Waals surface area (Å²) in [6, 6.07) is 16.7. The van der Waals surface area contributed by atoms with Crippen LogP contribution in [0.25, 0.3) is 22.4 Å². The highest BCUT2D eigenvalue weighted by molar-refractivity contribution is 9.10. The Hall–Kier alpha value is -2.58. The van der Waals surface area contributed by atoms with E-state index in [1.807, 2.05) is 36.4 Å². The van der Waals surface area contributed by atoms with Crippen molar-refractivity contribution in [3.63, 3.8) is 0 Å². The number of nitrogens with zero attached hydrogens (tertiary/aromatic N) is 2. The summed E-state index contributed by atoms with van der Waals surface area (Å²) in [7, 11) is 0. The van der Waals surface area contributed by atoms with Crippen LogP contribution in [0.3, 0.4) is 0 Å². The van der Waals surface area contributed by atoms with E-state index in [1.54, 1.807) is 18.2 Å². The summed E-state index contributed by atoms with van der Waals surface area (Å²) in [6.45, 7) is 0. The third-order valence-electron chi connectivity index (χ3n) is 3.10. The first-order valence-corrected chi connectivity index (χ1v) is 7.03. The molecule has 21 heavy (non-hydrogen) atoms. The fraction of sp³-hybridized carbons (Fsp3) is 0. The number of nitrogens with one attached hydrogen (secondary N) is 1. The average molecular weight is 340 g/mol. The minimum Gasteiger partial charge on any atom is -0.506 e. The predicted octanol–water partition coefficient (Wildman–Crippen LogP) is 4.28. The molecule has 0 unspecified atom stereocenters. The monoisotopic (exact) mass is 339 g/mol. The van der Waals surface area contributed by atoms with Crippen LogP contribution in [0.2, 0.25) is 0 Å². The lowest BCUT2D eigenvalue weighted by Gasteiger charge is -2.04. The van der Waals surface area contributed by atoms with Crippen molar-refractivity contribution in [2.75, 3.05) is 0 Å². The van der Waals surface area contributed by atoms with Crippen molar-refractivity contribution in [2.45, 2.75) is 0 Å². The van der Waals surface area contributed by atoms with Crippen LogP contribution < -0.4 is 0 Å². The first kappa shape index (κ1) is 13.4. The molecule has 0 radical (unpaired) electrons. The number of aromatic nitrogens is 2. The molecule has 0 aliphatic heterocycles. The topological polar surface area (TPSA) is 72.7 Å². The van der Waals surface area contributed by atoms with Crippen LogP contribution in [-0.2, 0) is 0 Å². The zero-order valence-electron chi connectivity index (χ0n) is 10.8. The summed E-state index contributed by atoms with van der Waals surface area (Å²) in [5.74, 6) is 0.246. The summed E-state index contributed by atoms with van der Waals surface area (Å²) >= 11 is 3.37. The minimum atomic E-state index is -0.107. The lowest BCUT2D eigenvalue weighted by molar-refractivity contribution is 0.513. The Bertz CT molecular complexity index is 857. The molecule has 4 nitrogen and oxygen atoms in total. The quantitative estimate of drug-likeness (QED) is 0.540. The first-order valence-electron chi connectivity index (χ1n) is 6.24. The number of aliphatic hydroxyl groups is 1. The number of fused-ring (bicyclic) bond motifs is 1. The first-order chi connectivity index (χ1) is 10.2. The second kappa shape index (κ2) is 5.43. The molecule has 5 heteroatoms. The Morgan fingerprint density at radius 1 is 1.14 bits per heavy atom. The number of imidazole rings is 1. The maximum atomic E-state index is 10.4. The fourth-order valence-electron chi connectivity index (χ4n) is 2.08. The van der Waals surface area contributed by atoms with Crippen LogP contribution in [0.4, 0.5) is 0 Å². The Morgan fingerprint density at radius 2 is 1.86 bits per heavy atom. The van der Waals surface area contributed by atoms with Crippen LogP contribution in [-0.4, -0.2) is 15.1 Å². The molecule has 0 amide bonds. The van der Waals surface area contributed by atoms with E-state index in [0.717, 1.165) is 11.0 Å². The molecule has 1 heterocycles. The van der Waals surface area contributed by atoms with E-state index in [4.69, 9.17) is 0 Å². The molecule has 0 aliphatic carbocycles. The van der Waals surface area contributed by atoms with Gasteiger partial charge in [0.1, 0.15) is 17.4 Å². The van der Waals surface area contributed by atoms with Gasteiger partial charge >= 0.3 is 0 Å². The Labute approximate surface area is 129 Å². The molecule has 3 aromatic rings. The molecule has 0 atom stereocenters. The highest BCUT2D eigenvalue weighted by Gasteiger charge is 2.16. The van der Waals surface area contributed by atoms with Crippen molar-refractivity contribution in [1.82, 2.24) is 9.97 Å². The number of rotatable bonds is 2. The Balaban J connectivity index is 2.19. The number of hydrogen-bond acceptors (Lipinski definition) is 3. The molecule has 0 fully saturated rings. The van der Waals surface area contributed by atoms with Crippen LogP contribution in [0, 0.1) is 11.3 Å². The normalized spacial score (nSPS) is 12.0. The van der Waals surface area contributed by atoms with E-state index < -0.39 is 0 Å². The summed E-state index contributed by atoms with van der Waals surface area (Å²) in [4.78, 5) is 7.40. The number of nitriles is 1. The molecule has 0 aliphatic rings. The molecule has 102 valence electrons. The van der Waals surface area contributed by atoms with E-state index in [2.05, 4.69) is 25.9 Å². The second-order valence-corrected chi connectivity index (χ2v) is 5.27. The van der Waals surface area contributed by atoms with Gasteiger partial charge in [-0.05, 0) is 18.2 Å². The molecule has 1 aromatic heterocycles. The Morgan fingerprint density at radius 3 is 2.57 bits per heavy atom. The van der Waals surface area contributed by atoms with Gasteiger partial charge < -0.3 is 10.1 Å². The van der Waals surface area contributed by atoms with Gasteiger partial charge in [0.25, 0.3) is 0 Å². The number of halogens is 1. The lowest BCUT2D eigenvalue weighted by atomic mass is 10.1. The predicted molar refractivity (Wildman–Crippen MR) is 85.3 cm³/mol. The number of allylic oxidation sites excluding steroid dienone is 1. The number of hydrogen-bond donors (Lipinski definition) is 2. The van der Waals surface area contributed by atoms with Gasteiger partial charge in [0.2, 0.25) is 0 Å². The van der Waals surface area contributed by atoms with Crippen molar-refractivity contribution < 1.29 is 5.11 Å². The van der Waals surface area contributed by atoms with Gasteiger partial charge in [-0.3, -0.25) is 0 Å². The van der Waals surface area contributed by atoms with E-state index in [1.165, 1.54) is 0 Å². The number of aromatic amines is 1. The summed E-state index contributed by atoms with van der Waals surface area (Å²) in [6.07, 6.45) is 0. The lowest BCUT2D eigenvalue weighted by Crippen LogP contribution is -1.93. The van der Waals surface area contributed by atoms with Gasteiger partial charge in [-0.25, -0.2) is 4.98 Å². The summed E-state index contributed by atoms with van der Waals surface area (Å²) in [5.41, 5.74) is 2.23. The van der Waals surface area contributed by atoms with E-state index in [0.29, 0.717) is 15.9 Å². The van der Waals surface area contributed by atoms with Gasteiger partial charge in [0.15, 0.2) is 5.82 Å². The molecular weight excluding hydrogens is 330 g/mol. The fourth-order valence-corrected chi connectivity index (χ4v) is 2.55. The van der Waals surface area contributed by atoms with E-state index in [-0.39, 0.29) is 11.3 Å². The summed E-state index contributed by atoms with van der Waals surface area (Å²) < 4.78 is 0.714. The number of para-hydroxylation sites is 2. The van der Waals surface area contributed by atoms with Crippen LogP contribution in [0.15, 0.2) is 53.0 Å². The Kier molecular flexibility index (Phi) is 3.46. The van der Waals surface area contributed by atoms with Gasteiger partial charge in [-0.15, -0.1) is 0 Å². The van der Waals surface area contributed by atoms with Crippen LogP contribution in [0.5, 0.6) is 0 Å². The SMILES string of the molecule is N#CC(=C(O)c1ccccc1Br)c1nc2ccccc2[nH]1. The van der Waals surface area contributed by atoms with Crippen molar-refractivity contribution in [3.05, 3.63) is 64.4 Å². The van der Waals surface area contributed by atoms with Crippen LogP contribution in [0.1, 0.15) is 11.4 Å². The van der Waals surface area contributed by atoms with Crippen molar-refractivity contribution in [2.24, 2.45) is 0 Å². The molecular formula is C16H10BrN3O. The van der Waals surface area contributed by atoms with Crippen molar-refractivity contribution in [3.8, 4) is 6.07 Å². The highest BCUT2D eigenvalue weighted by atomic mass is 79.9. The number of H-pyrrole nitrogens is 1. The van der Waals surface area contributed by atoms with Gasteiger partial charge in [0.05, 0.1) is 11.0 Å². The molecule has 0 bridgehead atoms. The standard InChI is InChI=1S/C16H10BrN3O/c17-12-6-2-1-5-10(12)15(21)11(9-18)16-19-13-7-3-4-8-14(13)20-16/h1-8,21H,(H,19,20). The van der Waals surface area contributed by atoms with Gasteiger partial charge in [0, 0.05) is 10.0 Å². The smallest absolute Gasteiger partial charge is 0.153 e. The average Bonchev–Trinajstić information content (AvgIpc) is 2.91. The second-order valence-electron chi connectivity index (χ2n) is 4.42. The van der Waals surface area contributed by atoms with Crippen molar-refractivity contribution in [1.29, 1.82) is 5.26 Å². The van der Waals surface area contributed by atoms with Crippen molar-refractivity contribution >= 4 is 38.3 Å². The number of benzene rings is 2. The van der Waals surface area contributed by atoms with Gasteiger partial charge in [-0.1, -0.05) is 46.3 Å². The molecule has 3 rings (SSSR count). The maximum Gasteiger partial charge on any atom is 0.153 e. The third kappa shape index (κ3) is 2.41. The summed E-state index contributed by atoms with van der Waals surface area (Å²) in [5, 5.41) is 19.8. The zero-order chi connectivity index (χ0) is 14.8. The molecule has 2 aromatic carbocycles. The van der Waals surface area contributed by atoms with E-state index in [9.17, 15) is 10.4 Å². The zero-order valence-corrected chi connectivity index (χ0v) is 12.4. The molecule has 2 N–H and O–H groups in total. The molecule has 0 saturated carbocycles. The van der Waals surface area contributed by atoms with Gasteiger partial charge in [-0.2, -0.15) is 5.26 Å². The molecule has 0 spiro atoms. The maximum absolute atomic E-state index is 10.4. The largest absolute Gasteiger partial charge is 0.506 e. The number of aliphatic hydroxyl groups excluding tert-OH is 1. The van der Waals surface area contributed by atoms with E-state index >= 15 is 0 Å². The third-order valence-corrected chi connectivity index (χ3v) is 3.80. The minimum absolute atomic E-state index is 0.107.